The standard InChI is InChI=1S/C25H26FNO5S/c1-18(2)16-27(25(28)20-7-5-8-21(26)15-20)17-19-6-4-9-23(14-19)32-33(29,30)24-12-10-22(31-3)11-13-24/h4-15,18H,16-17H2,1-3H3. The van der Waals surface area contributed by atoms with Crippen LogP contribution < -0.4 is 8.92 Å². The van der Waals surface area contributed by atoms with Gasteiger partial charge in [-0.15, -0.1) is 0 Å². The van der Waals surface area contributed by atoms with Gasteiger partial charge in [0, 0.05) is 18.7 Å². The van der Waals surface area contributed by atoms with Crippen LogP contribution in [0.5, 0.6) is 11.5 Å². The van der Waals surface area contributed by atoms with Crippen molar-refractivity contribution in [2.75, 3.05) is 13.7 Å². The molecule has 3 aromatic carbocycles. The number of nitrogens with zero attached hydrogens (tertiary/aromatic N) is 1. The summed E-state index contributed by atoms with van der Waals surface area (Å²) in [6, 6.07) is 18.0. The topological polar surface area (TPSA) is 72.9 Å². The van der Waals surface area contributed by atoms with E-state index in [0.717, 1.165) is 0 Å². The van der Waals surface area contributed by atoms with E-state index in [1.807, 2.05) is 13.8 Å². The van der Waals surface area contributed by atoms with Crippen molar-refractivity contribution in [3.05, 3.63) is 89.7 Å². The molecule has 0 unspecified atom stereocenters. The number of halogens is 1. The maximum absolute atomic E-state index is 13.6. The second kappa shape index (κ2) is 10.5. The first kappa shape index (κ1) is 24.3. The van der Waals surface area contributed by atoms with E-state index in [1.165, 1.54) is 55.6 Å². The predicted octanol–water partition coefficient (Wildman–Crippen LogP) is 4.90. The monoisotopic (exact) mass is 471 g/mol. The Kier molecular flexibility index (Phi) is 7.71. The van der Waals surface area contributed by atoms with E-state index in [9.17, 15) is 17.6 Å². The number of rotatable bonds is 9. The molecule has 0 saturated carbocycles. The zero-order valence-electron chi connectivity index (χ0n) is 18.7. The predicted molar refractivity (Wildman–Crippen MR) is 123 cm³/mol. The summed E-state index contributed by atoms with van der Waals surface area (Å²) in [5, 5.41) is 0. The van der Waals surface area contributed by atoms with Crippen LogP contribution in [-0.2, 0) is 16.7 Å². The fraction of sp³-hybridized carbons (Fsp3) is 0.240. The lowest BCUT2D eigenvalue weighted by molar-refractivity contribution is 0.0722. The van der Waals surface area contributed by atoms with Crippen LogP contribution in [0.2, 0.25) is 0 Å². The van der Waals surface area contributed by atoms with Gasteiger partial charge in [0.2, 0.25) is 0 Å². The summed E-state index contributed by atoms with van der Waals surface area (Å²) in [6.07, 6.45) is 0. The van der Waals surface area contributed by atoms with Crippen molar-refractivity contribution in [2.45, 2.75) is 25.3 Å². The molecule has 174 valence electrons. The minimum atomic E-state index is -4.04. The van der Waals surface area contributed by atoms with Crippen LogP contribution in [0.25, 0.3) is 0 Å². The Bertz CT molecular complexity index is 1210. The fourth-order valence-electron chi connectivity index (χ4n) is 3.30. The first-order valence-corrected chi connectivity index (χ1v) is 11.8. The van der Waals surface area contributed by atoms with Gasteiger partial charge in [0.05, 0.1) is 7.11 Å². The summed E-state index contributed by atoms with van der Waals surface area (Å²) in [7, 11) is -2.55. The molecule has 0 spiro atoms. The highest BCUT2D eigenvalue weighted by atomic mass is 32.2. The summed E-state index contributed by atoms with van der Waals surface area (Å²) in [6.45, 7) is 4.62. The van der Waals surface area contributed by atoms with Gasteiger partial charge in [-0.3, -0.25) is 4.79 Å². The van der Waals surface area contributed by atoms with Crippen molar-refractivity contribution in [1.29, 1.82) is 0 Å². The molecule has 3 rings (SSSR count). The van der Waals surface area contributed by atoms with Gasteiger partial charge < -0.3 is 13.8 Å². The zero-order valence-corrected chi connectivity index (χ0v) is 19.5. The van der Waals surface area contributed by atoms with Gasteiger partial charge in [-0.1, -0.05) is 32.0 Å². The number of benzene rings is 3. The van der Waals surface area contributed by atoms with Crippen LogP contribution in [0.3, 0.4) is 0 Å². The van der Waals surface area contributed by atoms with Crippen LogP contribution in [-0.4, -0.2) is 32.9 Å². The number of carbonyl (C=O) groups is 1. The molecular weight excluding hydrogens is 445 g/mol. The van der Waals surface area contributed by atoms with Crippen LogP contribution in [0.4, 0.5) is 4.39 Å². The molecule has 0 aliphatic heterocycles. The minimum Gasteiger partial charge on any atom is -0.497 e. The van der Waals surface area contributed by atoms with Gasteiger partial charge in [-0.2, -0.15) is 8.42 Å². The first-order chi connectivity index (χ1) is 15.7. The highest BCUT2D eigenvalue weighted by molar-refractivity contribution is 7.87. The molecule has 0 N–H and O–H groups in total. The lowest BCUT2D eigenvalue weighted by Crippen LogP contribution is -2.33. The number of amides is 1. The molecule has 33 heavy (non-hydrogen) atoms. The number of methoxy groups -OCH3 is 1. The maximum atomic E-state index is 13.6. The lowest BCUT2D eigenvalue weighted by atomic mass is 10.1. The van der Waals surface area contributed by atoms with E-state index in [-0.39, 0.29) is 34.6 Å². The average Bonchev–Trinajstić information content (AvgIpc) is 2.78. The summed E-state index contributed by atoms with van der Waals surface area (Å²) in [4.78, 5) is 14.6. The van der Waals surface area contributed by atoms with Gasteiger partial charge in [-0.25, -0.2) is 4.39 Å². The van der Waals surface area contributed by atoms with Crippen molar-refractivity contribution >= 4 is 16.0 Å². The lowest BCUT2D eigenvalue weighted by Gasteiger charge is -2.25. The molecule has 0 atom stereocenters. The summed E-state index contributed by atoms with van der Waals surface area (Å²) >= 11 is 0. The van der Waals surface area contributed by atoms with Crippen molar-refractivity contribution in [3.63, 3.8) is 0 Å². The van der Waals surface area contributed by atoms with Gasteiger partial charge in [-0.05, 0) is 66.1 Å². The Morgan fingerprint density at radius 1 is 0.970 bits per heavy atom. The molecule has 0 aliphatic rings. The second-order valence-corrected chi connectivity index (χ2v) is 9.50. The molecule has 0 aromatic heterocycles. The van der Waals surface area contributed by atoms with Crippen molar-refractivity contribution in [3.8, 4) is 11.5 Å². The largest absolute Gasteiger partial charge is 0.497 e. The third-order valence-corrected chi connectivity index (χ3v) is 6.03. The minimum absolute atomic E-state index is 0.00332. The highest BCUT2D eigenvalue weighted by Gasteiger charge is 2.20. The van der Waals surface area contributed by atoms with Gasteiger partial charge in [0.15, 0.2) is 0 Å². The molecule has 0 heterocycles. The maximum Gasteiger partial charge on any atom is 0.339 e. The molecule has 3 aromatic rings. The number of ether oxygens (including phenoxy) is 1. The molecule has 0 radical (unpaired) electrons. The SMILES string of the molecule is COc1ccc(S(=O)(=O)Oc2cccc(CN(CC(C)C)C(=O)c3cccc(F)c3)c2)cc1. The fourth-order valence-corrected chi connectivity index (χ4v) is 4.22. The Labute approximate surface area is 193 Å². The molecule has 0 aliphatic carbocycles. The Hall–Kier alpha value is -3.39. The van der Waals surface area contributed by atoms with Crippen LogP contribution in [0.15, 0.2) is 77.7 Å². The molecule has 0 bridgehead atoms. The normalized spacial score (nSPS) is 11.3. The Balaban J connectivity index is 1.80. The molecule has 8 heteroatoms. The molecular formula is C25H26FNO5S. The number of hydrogen-bond donors (Lipinski definition) is 0. The zero-order chi connectivity index (χ0) is 24.0. The quantitative estimate of drug-likeness (QED) is 0.415. The average molecular weight is 472 g/mol. The highest BCUT2D eigenvalue weighted by Crippen LogP contribution is 2.23. The molecule has 0 saturated heterocycles. The van der Waals surface area contributed by atoms with E-state index in [0.29, 0.717) is 17.9 Å². The molecule has 6 nitrogen and oxygen atoms in total. The summed E-state index contributed by atoms with van der Waals surface area (Å²) in [5.41, 5.74) is 0.938. The van der Waals surface area contributed by atoms with Crippen molar-refractivity contribution < 1.29 is 26.5 Å². The van der Waals surface area contributed by atoms with E-state index < -0.39 is 15.9 Å². The smallest absolute Gasteiger partial charge is 0.339 e. The van der Waals surface area contributed by atoms with Gasteiger partial charge >= 0.3 is 10.1 Å². The third kappa shape index (κ3) is 6.55. The van der Waals surface area contributed by atoms with E-state index >= 15 is 0 Å². The van der Waals surface area contributed by atoms with Gasteiger partial charge in [0.1, 0.15) is 22.2 Å². The van der Waals surface area contributed by atoms with Crippen molar-refractivity contribution in [2.24, 2.45) is 5.92 Å². The molecule has 1 amide bonds. The Morgan fingerprint density at radius 2 is 1.67 bits per heavy atom. The van der Waals surface area contributed by atoms with E-state index in [1.54, 1.807) is 29.2 Å². The molecule has 0 fully saturated rings. The van der Waals surface area contributed by atoms with E-state index in [2.05, 4.69) is 0 Å². The summed E-state index contributed by atoms with van der Waals surface area (Å²) < 4.78 is 49.3. The van der Waals surface area contributed by atoms with E-state index in [4.69, 9.17) is 8.92 Å². The van der Waals surface area contributed by atoms with Crippen molar-refractivity contribution in [1.82, 2.24) is 4.90 Å². The summed E-state index contributed by atoms with van der Waals surface area (Å²) in [5.74, 6) is 0.0532. The first-order valence-electron chi connectivity index (χ1n) is 10.4. The second-order valence-electron chi connectivity index (χ2n) is 7.95. The van der Waals surface area contributed by atoms with Crippen LogP contribution >= 0.6 is 0 Å². The van der Waals surface area contributed by atoms with Crippen LogP contribution in [0, 0.1) is 11.7 Å². The van der Waals surface area contributed by atoms with Crippen LogP contribution in [0.1, 0.15) is 29.8 Å². The number of carbonyl (C=O) groups excluding carboxylic acids is 1. The van der Waals surface area contributed by atoms with Gasteiger partial charge in [0.25, 0.3) is 5.91 Å². The third-order valence-electron chi connectivity index (χ3n) is 4.77. The number of hydrogen-bond acceptors (Lipinski definition) is 5. The Morgan fingerprint density at radius 3 is 2.30 bits per heavy atom.